The minimum atomic E-state index is -0.0849. The van der Waals surface area contributed by atoms with Gasteiger partial charge in [-0.1, -0.05) is 46.9 Å². The monoisotopic (exact) mass is 451 g/mol. The van der Waals surface area contributed by atoms with Crippen LogP contribution in [0.15, 0.2) is 48.7 Å². The van der Waals surface area contributed by atoms with Crippen LogP contribution in [-0.2, 0) is 19.7 Å². The normalized spacial score (nSPS) is 10.8. The molecule has 1 heterocycles. The van der Waals surface area contributed by atoms with Crippen molar-refractivity contribution < 1.29 is 9.53 Å². The Morgan fingerprint density at radius 2 is 1.86 bits per heavy atom. The second-order valence-corrected chi connectivity index (χ2v) is 7.74. The summed E-state index contributed by atoms with van der Waals surface area (Å²) >= 11 is 18.2. The minimum Gasteiger partial charge on any atom is -0.486 e. The third kappa shape index (κ3) is 5.24. The molecule has 0 aliphatic carbocycles. The van der Waals surface area contributed by atoms with Crippen molar-refractivity contribution in [1.82, 2.24) is 14.7 Å². The molecule has 3 aromatic rings. The number of hydrogen-bond donors (Lipinski definition) is 0. The number of benzene rings is 2. The Morgan fingerprint density at radius 1 is 1.14 bits per heavy atom. The predicted octanol–water partition coefficient (Wildman–Crippen LogP) is 5.71. The zero-order valence-electron chi connectivity index (χ0n) is 16.0. The highest BCUT2D eigenvalue weighted by Gasteiger charge is 2.15. The summed E-state index contributed by atoms with van der Waals surface area (Å²) in [4.78, 5) is 14.5. The van der Waals surface area contributed by atoms with Crippen LogP contribution in [0, 0.1) is 0 Å². The number of hydrogen-bond acceptors (Lipinski definition) is 3. The molecular weight excluding hydrogens is 433 g/mol. The first-order valence-corrected chi connectivity index (χ1v) is 10.1. The molecule has 1 amide bonds. The highest BCUT2D eigenvalue weighted by molar-refractivity contribution is 6.40. The number of rotatable bonds is 7. The van der Waals surface area contributed by atoms with Crippen LogP contribution >= 0.6 is 34.8 Å². The van der Waals surface area contributed by atoms with E-state index in [2.05, 4.69) is 5.10 Å². The summed E-state index contributed by atoms with van der Waals surface area (Å²) < 4.78 is 7.63. The second kappa shape index (κ2) is 9.53. The molecule has 2 aromatic carbocycles. The molecule has 0 unspecified atom stereocenters. The van der Waals surface area contributed by atoms with E-state index in [9.17, 15) is 4.79 Å². The zero-order valence-corrected chi connectivity index (χ0v) is 18.3. The molecule has 0 atom stereocenters. The first-order chi connectivity index (χ1) is 13.9. The third-order valence-electron chi connectivity index (χ3n) is 4.37. The summed E-state index contributed by atoms with van der Waals surface area (Å²) in [7, 11) is 1.77. The molecule has 0 saturated carbocycles. The van der Waals surface area contributed by atoms with Gasteiger partial charge in [0, 0.05) is 30.4 Å². The number of carbonyl (C=O) groups is 1. The predicted molar refractivity (Wildman–Crippen MR) is 116 cm³/mol. The van der Waals surface area contributed by atoms with Crippen molar-refractivity contribution in [2.45, 2.75) is 26.6 Å². The molecule has 1 aromatic heterocycles. The molecule has 0 N–H and O–H groups in total. The zero-order chi connectivity index (χ0) is 21.0. The van der Waals surface area contributed by atoms with Gasteiger partial charge in [-0.2, -0.15) is 5.10 Å². The number of ether oxygens (including phenoxy) is 1. The smallest absolute Gasteiger partial charge is 0.253 e. The lowest BCUT2D eigenvalue weighted by atomic mass is 10.1. The Balaban J connectivity index is 1.69. The summed E-state index contributed by atoms with van der Waals surface area (Å²) in [6.07, 6.45) is 1.74. The molecule has 0 aliphatic rings. The Kier molecular flexibility index (Phi) is 7.06. The van der Waals surface area contributed by atoms with E-state index in [1.165, 1.54) is 0 Å². The van der Waals surface area contributed by atoms with Crippen molar-refractivity contribution >= 4 is 40.7 Å². The van der Waals surface area contributed by atoms with Crippen LogP contribution in [0.25, 0.3) is 0 Å². The maximum Gasteiger partial charge on any atom is 0.253 e. The van der Waals surface area contributed by atoms with E-state index in [4.69, 9.17) is 39.5 Å². The Hall–Kier alpha value is -2.21. The summed E-state index contributed by atoms with van der Waals surface area (Å²) in [5.74, 6) is 0.276. The number of aromatic nitrogens is 2. The molecule has 0 fully saturated rings. The largest absolute Gasteiger partial charge is 0.486 e. The highest BCUT2D eigenvalue weighted by Crippen LogP contribution is 2.36. The Bertz CT molecular complexity index is 997. The van der Waals surface area contributed by atoms with Gasteiger partial charge in [0.2, 0.25) is 0 Å². The fourth-order valence-electron chi connectivity index (χ4n) is 2.93. The molecule has 0 radical (unpaired) electrons. The van der Waals surface area contributed by atoms with E-state index >= 15 is 0 Å². The van der Waals surface area contributed by atoms with E-state index in [1.807, 2.05) is 29.8 Å². The van der Waals surface area contributed by atoms with E-state index in [1.54, 1.807) is 42.4 Å². The van der Waals surface area contributed by atoms with E-state index in [0.29, 0.717) is 32.9 Å². The van der Waals surface area contributed by atoms with Gasteiger partial charge in [0.15, 0.2) is 5.75 Å². The fourth-order valence-corrected chi connectivity index (χ4v) is 3.86. The highest BCUT2D eigenvalue weighted by atomic mass is 35.5. The Morgan fingerprint density at radius 3 is 2.55 bits per heavy atom. The first-order valence-electron chi connectivity index (χ1n) is 9.01. The van der Waals surface area contributed by atoms with E-state index in [-0.39, 0.29) is 12.5 Å². The molecular formula is C21H20Cl3N3O2. The SMILES string of the molecule is CCn1nccc1CN(C)C(=O)c1cccc(COc2c(Cl)cc(Cl)cc2Cl)c1. The van der Waals surface area contributed by atoms with Gasteiger partial charge in [-0.15, -0.1) is 0 Å². The van der Waals surface area contributed by atoms with Crippen molar-refractivity contribution in [2.75, 3.05) is 7.05 Å². The van der Waals surface area contributed by atoms with Gasteiger partial charge in [-0.3, -0.25) is 9.48 Å². The van der Waals surface area contributed by atoms with Crippen molar-refractivity contribution in [3.8, 4) is 5.75 Å². The topological polar surface area (TPSA) is 47.4 Å². The molecule has 29 heavy (non-hydrogen) atoms. The van der Waals surface area contributed by atoms with Crippen molar-refractivity contribution in [1.29, 1.82) is 0 Å². The number of halogens is 3. The lowest BCUT2D eigenvalue weighted by Gasteiger charge is -2.18. The van der Waals surface area contributed by atoms with E-state index in [0.717, 1.165) is 17.8 Å². The van der Waals surface area contributed by atoms with Crippen molar-refractivity contribution in [3.63, 3.8) is 0 Å². The molecule has 0 aliphatic heterocycles. The maximum atomic E-state index is 12.8. The van der Waals surface area contributed by atoms with Gasteiger partial charge >= 0.3 is 0 Å². The maximum absolute atomic E-state index is 12.8. The van der Waals surface area contributed by atoms with Gasteiger partial charge in [0.25, 0.3) is 5.91 Å². The molecule has 0 spiro atoms. The van der Waals surface area contributed by atoms with Crippen LogP contribution in [0.4, 0.5) is 0 Å². The van der Waals surface area contributed by atoms with Crippen molar-refractivity contribution in [3.05, 3.63) is 80.6 Å². The third-order valence-corrected chi connectivity index (χ3v) is 5.15. The van der Waals surface area contributed by atoms with Crippen LogP contribution in [0.1, 0.15) is 28.5 Å². The molecule has 0 saturated heterocycles. The van der Waals surface area contributed by atoms with Crippen LogP contribution < -0.4 is 4.74 Å². The molecule has 3 rings (SSSR count). The number of aryl methyl sites for hydroxylation is 1. The van der Waals surface area contributed by atoms with Crippen LogP contribution in [-0.4, -0.2) is 27.6 Å². The number of amides is 1. The Labute approximate surface area is 184 Å². The van der Waals surface area contributed by atoms with Crippen molar-refractivity contribution in [2.24, 2.45) is 0 Å². The molecule has 152 valence electrons. The lowest BCUT2D eigenvalue weighted by molar-refractivity contribution is 0.0781. The summed E-state index contributed by atoms with van der Waals surface area (Å²) in [6.45, 7) is 3.46. The fraction of sp³-hybridized carbons (Fsp3) is 0.238. The van der Waals surface area contributed by atoms with Gasteiger partial charge in [-0.25, -0.2) is 0 Å². The molecule has 0 bridgehead atoms. The minimum absolute atomic E-state index is 0.0849. The van der Waals surface area contributed by atoms with Gasteiger partial charge < -0.3 is 9.64 Å². The average molecular weight is 453 g/mol. The first kappa shape index (κ1) is 21.5. The van der Waals surface area contributed by atoms with Gasteiger partial charge in [0.1, 0.15) is 6.61 Å². The standard InChI is InChI=1S/C21H20Cl3N3O2/c1-3-27-17(7-8-25-27)12-26(2)21(28)15-6-4-5-14(9-15)13-29-20-18(23)10-16(22)11-19(20)24/h4-11H,3,12-13H2,1-2H3. The summed E-state index contributed by atoms with van der Waals surface area (Å²) in [5, 5.41) is 5.35. The van der Waals surface area contributed by atoms with Crippen LogP contribution in [0.5, 0.6) is 5.75 Å². The summed E-state index contributed by atoms with van der Waals surface area (Å²) in [5.41, 5.74) is 2.38. The van der Waals surface area contributed by atoms with E-state index < -0.39 is 0 Å². The van der Waals surface area contributed by atoms with Gasteiger partial charge in [0.05, 0.1) is 22.3 Å². The summed E-state index contributed by atoms with van der Waals surface area (Å²) in [6, 6.07) is 12.3. The second-order valence-electron chi connectivity index (χ2n) is 6.49. The van der Waals surface area contributed by atoms with Crippen LogP contribution in [0.2, 0.25) is 15.1 Å². The van der Waals surface area contributed by atoms with Crippen LogP contribution in [0.3, 0.4) is 0 Å². The molecule has 8 heteroatoms. The number of nitrogens with zero attached hydrogens (tertiary/aromatic N) is 3. The number of carbonyl (C=O) groups excluding carboxylic acids is 1. The average Bonchev–Trinajstić information content (AvgIpc) is 3.13. The van der Waals surface area contributed by atoms with Gasteiger partial charge in [-0.05, 0) is 42.8 Å². The lowest BCUT2D eigenvalue weighted by Crippen LogP contribution is -2.27. The molecule has 5 nitrogen and oxygen atoms in total. The quantitative estimate of drug-likeness (QED) is 0.461.